The third-order valence-corrected chi connectivity index (χ3v) is 4.71. The Kier molecular flexibility index (Phi) is 7.84. The number of benzene rings is 3. The lowest BCUT2D eigenvalue weighted by Crippen LogP contribution is -2.52. The Bertz CT molecular complexity index is 1250. The first-order valence-corrected chi connectivity index (χ1v) is 10.1. The molecule has 1 atom stereocenters. The monoisotopic (exact) mass is 459 g/mol. The fourth-order valence-corrected chi connectivity index (χ4v) is 2.86. The third-order valence-electron chi connectivity index (χ3n) is 4.71. The molecule has 0 bridgehead atoms. The zero-order valence-corrected chi connectivity index (χ0v) is 17.8. The second-order valence-electron chi connectivity index (χ2n) is 7.11. The van der Waals surface area contributed by atoms with Gasteiger partial charge in [0.2, 0.25) is 0 Å². The van der Waals surface area contributed by atoms with Crippen LogP contribution in [-0.4, -0.2) is 45.7 Å². The molecule has 3 amide bonds. The van der Waals surface area contributed by atoms with E-state index in [-0.39, 0.29) is 17.7 Å². The highest BCUT2D eigenvalue weighted by molar-refractivity contribution is 5.98. The number of hydrogen-bond donors (Lipinski definition) is 6. The quantitative estimate of drug-likeness (QED) is 0.143. The van der Waals surface area contributed by atoms with E-state index in [1.54, 1.807) is 12.1 Å². The molecule has 6 N–H and O–H groups in total. The maximum Gasteiger partial charge on any atom is 0.267 e. The maximum absolute atomic E-state index is 12.6. The minimum Gasteiger partial charge on any atom is -0.504 e. The van der Waals surface area contributed by atoms with E-state index in [4.69, 9.17) is 5.21 Å². The van der Waals surface area contributed by atoms with Crippen LogP contribution in [0.25, 0.3) is 0 Å². The van der Waals surface area contributed by atoms with Gasteiger partial charge in [0, 0.05) is 28.8 Å². The lowest BCUT2D eigenvalue weighted by molar-refractivity contribution is -0.131. The molecule has 34 heavy (non-hydrogen) atoms. The molecule has 0 aliphatic carbocycles. The van der Waals surface area contributed by atoms with E-state index in [0.29, 0.717) is 5.56 Å². The number of hydrogen-bond acceptors (Lipinski definition) is 6. The van der Waals surface area contributed by atoms with Crippen LogP contribution in [0.15, 0.2) is 72.8 Å². The van der Waals surface area contributed by atoms with Crippen molar-refractivity contribution in [1.29, 1.82) is 0 Å². The summed E-state index contributed by atoms with van der Waals surface area (Å²) in [6.07, 6.45) is 0. The summed E-state index contributed by atoms with van der Waals surface area (Å²) in [5.41, 5.74) is 3.26. The first-order chi connectivity index (χ1) is 16.4. The van der Waals surface area contributed by atoms with Crippen LogP contribution in [-0.2, 0) is 4.79 Å². The highest BCUT2D eigenvalue weighted by Gasteiger charge is 2.22. The average molecular weight is 459 g/mol. The van der Waals surface area contributed by atoms with Crippen molar-refractivity contribution in [2.75, 3.05) is 6.54 Å². The Hall–Kier alpha value is -4.81. The van der Waals surface area contributed by atoms with Crippen LogP contribution in [0.1, 0.15) is 31.8 Å². The van der Waals surface area contributed by atoms with Crippen molar-refractivity contribution in [2.24, 2.45) is 0 Å². The molecule has 0 fully saturated rings. The van der Waals surface area contributed by atoms with Gasteiger partial charge in [-0.05, 0) is 54.6 Å². The predicted octanol–water partition coefficient (Wildman–Crippen LogP) is 1.53. The summed E-state index contributed by atoms with van der Waals surface area (Å²) in [5, 5.41) is 32.7. The van der Waals surface area contributed by atoms with E-state index >= 15 is 0 Å². The molecule has 0 aliphatic rings. The molecule has 0 saturated heterocycles. The molecule has 3 aromatic carbocycles. The van der Waals surface area contributed by atoms with Crippen molar-refractivity contribution in [1.82, 2.24) is 16.1 Å². The Morgan fingerprint density at radius 1 is 0.765 bits per heavy atom. The normalized spacial score (nSPS) is 10.9. The minimum atomic E-state index is -1.29. The first-order valence-electron chi connectivity index (χ1n) is 10.1. The van der Waals surface area contributed by atoms with Gasteiger partial charge in [-0.15, -0.1) is 0 Å². The molecule has 0 unspecified atom stereocenters. The fourth-order valence-electron chi connectivity index (χ4n) is 2.86. The van der Waals surface area contributed by atoms with Crippen molar-refractivity contribution >= 4 is 17.7 Å². The Morgan fingerprint density at radius 2 is 1.38 bits per heavy atom. The summed E-state index contributed by atoms with van der Waals surface area (Å²) in [6, 6.07) is 18.0. The standard InChI is InChI=1S/C25H21N3O6/c29-21-13-12-19(14-22(21)30)23(31)26-15-20(25(33)28-34)27-24(32)18-10-8-17(9-11-18)7-6-16-4-2-1-3-5-16/h1-5,8-14,20,29-30,34H,15H2,(H,26,31)(H,27,32)(H,28,33)/t20-/m0/s1. The minimum absolute atomic E-state index is 0.0250. The van der Waals surface area contributed by atoms with Crippen molar-refractivity contribution < 1.29 is 29.8 Å². The van der Waals surface area contributed by atoms with E-state index in [2.05, 4.69) is 22.5 Å². The number of amides is 3. The van der Waals surface area contributed by atoms with Gasteiger partial charge in [-0.3, -0.25) is 19.6 Å². The summed E-state index contributed by atoms with van der Waals surface area (Å²) in [5.74, 6) is 2.92. The number of hydroxylamine groups is 1. The van der Waals surface area contributed by atoms with Gasteiger partial charge in [-0.2, -0.15) is 0 Å². The first kappa shape index (κ1) is 23.8. The highest BCUT2D eigenvalue weighted by Crippen LogP contribution is 2.24. The number of rotatable bonds is 6. The largest absolute Gasteiger partial charge is 0.504 e. The van der Waals surface area contributed by atoms with Crippen molar-refractivity contribution in [3.05, 3.63) is 95.1 Å². The van der Waals surface area contributed by atoms with Gasteiger partial charge >= 0.3 is 0 Å². The van der Waals surface area contributed by atoms with E-state index in [0.717, 1.165) is 17.7 Å². The Balaban J connectivity index is 1.63. The molecule has 9 heteroatoms. The molecular weight excluding hydrogens is 438 g/mol. The zero-order valence-electron chi connectivity index (χ0n) is 17.8. The molecular formula is C25H21N3O6. The van der Waals surface area contributed by atoms with E-state index in [9.17, 15) is 24.6 Å². The number of nitrogens with one attached hydrogen (secondary N) is 3. The van der Waals surface area contributed by atoms with Crippen LogP contribution in [0.3, 0.4) is 0 Å². The van der Waals surface area contributed by atoms with Crippen LogP contribution in [0.5, 0.6) is 11.5 Å². The number of phenolic OH excluding ortho intramolecular Hbond substituents is 2. The molecule has 3 rings (SSSR count). The Morgan fingerprint density at radius 3 is 2.00 bits per heavy atom. The average Bonchev–Trinajstić information content (AvgIpc) is 2.87. The predicted molar refractivity (Wildman–Crippen MR) is 122 cm³/mol. The second-order valence-corrected chi connectivity index (χ2v) is 7.11. The maximum atomic E-state index is 12.6. The summed E-state index contributed by atoms with van der Waals surface area (Å²) >= 11 is 0. The van der Waals surface area contributed by atoms with Crippen LogP contribution in [0, 0.1) is 11.8 Å². The summed E-state index contributed by atoms with van der Waals surface area (Å²) in [4.78, 5) is 36.8. The van der Waals surface area contributed by atoms with E-state index < -0.39 is 35.3 Å². The van der Waals surface area contributed by atoms with Gasteiger partial charge in [-0.25, -0.2) is 5.48 Å². The van der Waals surface area contributed by atoms with Gasteiger partial charge in [0.1, 0.15) is 6.04 Å². The van der Waals surface area contributed by atoms with Crippen molar-refractivity contribution in [3.8, 4) is 23.3 Å². The topological polar surface area (TPSA) is 148 Å². The van der Waals surface area contributed by atoms with Crippen LogP contribution in [0.2, 0.25) is 0 Å². The fraction of sp³-hybridized carbons (Fsp3) is 0.0800. The molecule has 0 radical (unpaired) electrons. The third kappa shape index (κ3) is 6.35. The zero-order chi connectivity index (χ0) is 24.5. The molecule has 0 aliphatic heterocycles. The molecule has 0 saturated carbocycles. The SMILES string of the molecule is O=C(NC[C@H](NC(=O)c1ccc(C#Cc2ccccc2)cc1)C(=O)NO)c1ccc(O)c(O)c1. The molecule has 0 spiro atoms. The number of aromatic hydroxyl groups is 2. The molecule has 3 aromatic rings. The van der Waals surface area contributed by atoms with Crippen LogP contribution < -0.4 is 16.1 Å². The van der Waals surface area contributed by atoms with Gasteiger partial charge in [0.15, 0.2) is 11.5 Å². The van der Waals surface area contributed by atoms with Gasteiger partial charge in [-0.1, -0.05) is 30.0 Å². The molecule has 0 heterocycles. The van der Waals surface area contributed by atoms with Crippen LogP contribution >= 0.6 is 0 Å². The number of carbonyl (C=O) groups excluding carboxylic acids is 3. The highest BCUT2D eigenvalue weighted by atomic mass is 16.5. The summed E-state index contributed by atoms with van der Waals surface area (Å²) in [7, 11) is 0. The van der Waals surface area contributed by atoms with Crippen molar-refractivity contribution in [3.63, 3.8) is 0 Å². The summed E-state index contributed by atoms with van der Waals surface area (Å²) in [6.45, 7) is -0.348. The lowest BCUT2D eigenvalue weighted by atomic mass is 10.1. The van der Waals surface area contributed by atoms with Crippen LogP contribution in [0.4, 0.5) is 0 Å². The second kappa shape index (κ2) is 11.2. The van der Waals surface area contributed by atoms with Crippen molar-refractivity contribution in [2.45, 2.75) is 6.04 Å². The molecule has 172 valence electrons. The lowest BCUT2D eigenvalue weighted by Gasteiger charge is -2.17. The Labute approximate surface area is 195 Å². The van der Waals surface area contributed by atoms with Gasteiger partial charge in [0.25, 0.3) is 17.7 Å². The van der Waals surface area contributed by atoms with E-state index in [1.165, 1.54) is 23.7 Å². The number of carbonyl (C=O) groups is 3. The van der Waals surface area contributed by atoms with Gasteiger partial charge in [0.05, 0.1) is 0 Å². The number of phenols is 2. The summed E-state index contributed by atoms with van der Waals surface area (Å²) < 4.78 is 0. The molecule has 0 aromatic heterocycles. The van der Waals surface area contributed by atoms with E-state index in [1.807, 2.05) is 30.3 Å². The van der Waals surface area contributed by atoms with Gasteiger partial charge < -0.3 is 20.8 Å². The molecule has 9 nitrogen and oxygen atoms in total. The smallest absolute Gasteiger partial charge is 0.267 e.